The number of amides is 1. The van der Waals surface area contributed by atoms with Crippen molar-refractivity contribution in [3.05, 3.63) is 110 Å². The molecule has 0 spiro atoms. The summed E-state index contributed by atoms with van der Waals surface area (Å²) in [6.07, 6.45) is 0. The molecule has 1 aromatic heterocycles. The highest BCUT2D eigenvalue weighted by molar-refractivity contribution is 5.99. The van der Waals surface area contributed by atoms with Gasteiger partial charge in [-0.05, 0) is 67.3 Å². The zero-order valence-corrected chi connectivity index (χ0v) is 19.1. The summed E-state index contributed by atoms with van der Waals surface area (Å²) >= 11 is 0. The number of carbonyl (C=O) groups is 1. The summed E-state index contributed by atoms with van der Waals surface area (Å²) in [5, 5.41) is 0.507. The summed E-state index contributed by atoms with van der Waals surface area (Å²) in [7, 11) is 1.62. The first-order chi connectivity index (χ1) is 15.9. The van der Waals surface area contributed by atoms with Crippen molar-refractivity contribution in [2.24, 2.45) is 0 Å². The average Bonchev–Trinajstić information content (AvgIpc) is 3.08. The Morgan fingerprint density at radius 2 is 1.58 bits per heavy atom. The van der Waals surface area contributed by atoms with Gasteiger partial charge >= 0.3 is 0 Å². The second kappa shape index (κ2) is 7.93. The summed E-state index contributed by atoms with van der Waals surface area (Å²) < 4.78 is 11.4. The number of benzene rings is 3. The Morgan fingerprint density at radius 1 is 0.909 bits per heavy atom. The molecule has 0 aliphatic carbocycles. The third-order valence-corrected chi connectivity index (χ3v) is 6.49. The van der Waals surface area contributed by atoms with Crippen molar-refractivity contribution < 1.29 is 13.9 Å². The summed E-state index contributed by atoms with van der Waals surface area (Å²) in [4.78, 5) is 29.0. The van der Waals surface area contributed by atoms with Gasteiger partial charge in [0.15, 0.2) is 5.43 Å². The van der Waals surface area contributed by atoms with Gasteiger partial charge in [0.1, 0.15) is 11.3 Å². The van der Waals surface area contributed by atoms with Crippen LogP contribution in [0.4, 0.5) is 0 Å². The number of fused-ring (bicyclic) bond motifs is 2. The van der Waals surface area contributed by atoms with E-state index < -0.39 is 6.04 Å². The van der Waals surface area contributed by atoms with E-state index in [0.717, 1.165) is 33.6 Å². The van der Waals surface area contributed by atoms with Gasteiger partial charge in [-0.25, -0.2) is 0 Å². The van der Waals surface area contributed by atoms with Crippen molar-refractivity contribution in [1.29, 1.82) is 0 Å². The molecule has 0 radical (unpaired) electrons. The van der Waals surface area contributed by atoms with E-state index in [1.807, 2.05) is 81.4 Å². The maximum absolute atomic E-state index is 13.7. The van der Waals surface area contributed by atoms with Gasteiger partial charge in [-0.2, -0.15) is 0 Å². The molecule has 4 aromatic rings. The van der Waals surface area contributed by atoms with E-state index >= 15 is 0 Å². The van der Waals surface area contributed by atoms with E-state index in [0.29, 0.717) is 23.1 Å². The van der Waals surface area contributed by atoms with E-state index in [2.05, 4.69) is 0 Å². The topological polar surface area (TPSA) is 59.8 Å². The van der Waals surface area contributed by atoms with Crippen LogP contribution in [0, 0.1) is 20.8 Å². The average molecular weight is 440 g/mol. The Hall–Kier alpha value is -3.86. The molecule has 5 heteroatoms. The molecule has 1 amide bonds. The zero-order chi connectivity index (χ0) is 23.3. The van der Waals surface area contributed by atoms with Crippen LogP contribution in [0.1, 0.15) is 50.0 Å². The number of ether oxygens (including phenoxy) is 1. The summed E-state index contributed by atoms with van der Waals surface area (Å²) in [6, 6.07) is 18.7. The Labute approximate surface area is 192 Å². The molecule has 1 atom stereocenters. The maximum Gasteiger partial charge on any atom is 0.291 e. The second-order valence-corrected chi connectivity index (χ2v) is 8.70. The standard InChI is InChI=1S/C28H25NO4/c1-16-5-9-20(10-6-16)25-24-26(30)22-13-17(2)18(3)14-23(22)33-27(24)28(31)29(25)15-19-7-11-21(32-4)12-8-19/h5-14,25H,15H2,1-4H3. The predicted molar refractivity (Wildman–Crippen MR) is 128 cm³/mol. The van der Waals surface area contributed by atoms with Crippen molar-refractivity contribution in [1.82, 2.24) is 4.90 Å². The lowest BCUT2D eigenvalue weighted by Gasteiger charge is -2.25. The zero-order valence-electron chi connectivity index (χ0n) is 19.1. The van der Waals surface area contributed by atoms with Crippen LogP contribution in [-0.2, 0) is 6.54 Å². The SMILES string of the molecule is COc1ccc(CN2C(=O)c3oc4cc(C)c(C)cc4c(=O)c3C2c2ccc(C)cc2)cc1. The van der Waals surface area contributed by atoms with Crippen LogP contribution in [0.2, 0.25) is 0 Å². The van der Waals surface area contributed by atoms with Gasteiger partial charge in [0.05, 0.1) is 24.1 Å². The van der Waals surface area contributed by atoms with E-state index in [9.17, 15) is 9.59 Å². The molecule has 33 heavy (non-hydrogen) atoms. The van der Waals surface area contributed by atoms with Gasteiger partial charge in [0.25, 0.3) is 5.91 Å². The highest BCUT2D eigenvalue weighted by atomic mass is 16.5. The van der Waals surface area contributed by atoms with E-state index in [-0.39, 0.29) is 17.1 Å². The lowest BCUT2D eigenvalue weighted by Crippen LogP contribution is -2.29. The number of methoxy groups -OCH3 is 1. The number of carbonyl (C=O) groups excluding carboxylic acids is 1. The Kier molecular flexibility index (Phi) is 5.05. The van der Waals surface area contributed by atoms with E-state index in [1.165, 1.54) is 0 Å². The van der Waals surface area contributed by atoms with Gasteiger partial charge in [0.2, 0.25) is 5.76 Å². The molecule has 1 aliphatic heterocycles. The lowest BCUT2D eigenvalue weighted by atomic mass is 9.96. The second-order valence-electron chi connectivity index (χ2n) is 8.70. The van der Waals surface area contributed by atoms with Crippen LogP contribution in [0.3, 0.4) is 0 Å². The fraction of sp³-hybridized carbons (Fsp3) is 0.214. The molecule has 5 rings (SSSR count). The maximum atomic E-state index is 13.7. The number of hydrogen-bond donors (Lipinski definition) is 0. The Balaban J connectivity index is 1.70. The van der Waals surface area contributed by atoms with Gasteiger partial charge in [0, 0.05) is 6.54 Å². The lowest BCUT2D eigenvalue weighted by molar-refractivity contribution is 0.0714. The summed E-state index contributed by atoms with van der Waals surface area (Å²) in [6.45, 7) is 6.30. The van der Waals surface area contributed by atoms with Gasteiger partial charge < -0.3 is 14.1 Å². The molecular weight excluding hydrogens is 414 g/mol. The minimum absolute atomic E-state index is 0.134. The highest BCUT2D eigenvalue weighted by Crippen LogP contribution is 2.39. The summed E-state index contributed by atoms with van der Waals surface area (Å²) in [5.41, 5.74) is 5.68. The number of hydrogen-bond acceptors (Lipinski definition) is 4. The minimum Gasteiger partial charge on any atom is -0.497 e. The first-order valence-electron chi connectivity index (χ1n) is 11.0. The van der Waals surface area contributed by atoms with Crippen molar-refractivity contribution in [3.8, 4) is 5.75 Å². The molecule has 0 saturated carbocycles. The van der Waals surface area contributed by atoms with E-state index in [1.54, 1.807) is 12.0 Å². The van der Waals surface area contributed by atoms with Crippen LogP contribution in [0.5, 0.6) is 5.75 Å². The fourth-order valence-corrected chi connectivity index (χ4v) is 4.46. The van der Waals surface area contributed by atoms with Crippen LogP contribution < -0.4 is 10.2 Å². The normalized spacial score (nSPS) is 15.2. The number of nitrogens with zero attached hydrogens (tertiary/aromatic N) is 1. The minimum atomic E-state index is -0.516. The first kappa shape index (κ1) is 21.0. The molecule has 5 nitrogen and oxygen atoms in total. The third-order valence-electron chi connectivity index (χ3n) is 6.49. The molecule has 0 N–H and O–H groups in total. The highest BCUT2D eigenvalue weighted by Gasteiger charge is 2.42. The van der Waals surface area contributed by atoms with E-state index in [4.69, 9.17) is 9.15 Å². The molecule has 1 unspecified atom stereocenters. The van der Waals surface area contributed by atoms with Crippen LogP contribution >= 0.6 is 0 Å². The third kappa shape index (κ3) is 3.50. The van der Waals surface area contributed by atoms with Gasteiger partial charge in [-0.15, -0.1) is 0 Å². The molecule has 0 saturated heterocycles. The fourth-order valence-electron chi connectivity index (χ4n) is 4.46. The number of aryl methyl sites for hydroxylation is 3. The van der Waals surface area contributed by atoms with Crippen LogP contribution in [-0.4, -0.2) is 17.9 Å². The molecule has 3 aromatic carbocycles. The monoisotopic (exact) mass is 439 g/mol. The van der Waals surface area contributed by atoms with Crippen molar-refractivity contribution >= 4 is 16.9 Å². The van der Waals surface area contributed by atoms with Gasteiger partial charge in [-0.1, -0.05) is 42.0 Å². The molecule has 166 valence electrons. The Bertz CT molecular complexity index is 1430. The van der Waals surface area contributed by atoms with Crippen LogP contribution in [0.25, 0.3) is 11.0 Å². The molecular formula is C28H25NO4. The predicted octanol–water partition coefficient (Wildman–Crippen LogP) is 5.47. The molecule has 1 aliphatic rings. The molecule has 0 bridgehead atoms. The molecule has 2 heterocycles. The first-order valence-corrected chi connectivity index (χ1v) is 11.0. The van der Waals surface area contributed by atoms with Crippen molar-refractivity contribution in [2.45, 2.75) is 33.4 Å². The quantitative estimate of drug-likeness (QED) is 0.423. The van der Waals surface area contributed by atoms with Gasteiger partial charge in [-0.3, -0.25) is 9.59 Å². The number of rotatable bonds is 4. The Morgan fingerprint density at radius 3 is 2.24 bits per heavy atom. The smallest absolute Gasteiger partial charge is 0.291 e. The van der Waals surface area contributed by atoms with Crippen molar-refractivity contribution in [2.75, 3.05) is 7.11 Å². The van der Waals surface area contributed by atoms with Crippen molar-refractivity contribution in [3.63, 3.8) is 0 Å². The largest absolute Gasteiger partial charge is 0.497 e. The molecule has 0 fully saturated rings. The van der Waals surface area contributed by atoms with Crippen LogP contribution in [0.15, 0.2) is 69.9 Å². The summed E-state index contributed by atoms with van der Waals surface area (Å²) in [5.74, 6) is 0.608.